The summed E-state index contributed by atoms with van der Waals surface area (Å²) in [5.74, 6) is 0. The Bertz CT molecular complexity index is 341. The first kappa shape index (κ1) is 13.3. The lowest BCUT2D eigenvalue weighted by atomic mass is 10.1. The molecule has 0 saturated carbocycles. The number of hydrogen-bond acceptors (Lipinski definition) is 1. The Balaban J connectivity index is 2.86. The normalized spacial score (nSPS) is 12.5. The second kappa shape index (κ2) is 6.74. The summed E-state index contributed by atoms with van der Waals surface area (Å²) in [7, 11) is 0. The molecule has 0 spiro atoms. The summed E-state index contributed by atoms with van der Waals surface area (Å²) in [6.45, 7) is 4.14. The standard InChI is InChI=1S/C11H11Cl2IO/c1-2-5-15-11(7-14)9-4-3-8(12)6-10(9)13/h2-4,6,11H,1,5,7H2. The van der Waals surface area contributed by atoms with Crippen molar-refractivity contribution in [2.45, 2.75) is 6.10 Å². The van der Waals surface area contributed by atoms with Gasteiger partial charge in [0.15, 0.2) is 0 Å². The molecule has 0 saturated heterocycles. The van der Waals surface area contributed by atoms with Crippen LogP contribution in [-0.2, 0) is 4.74 Å². The molecule has 1 nitrogen and oxygen atoms in total. The zero-order valence-electron chi connectivity index (χ0n) is 8.05. The summed E-state index contributed by atoms with van der Waals surface area (Å²) >= 11 is 14.2. The summed E-state index contributed by atoms with van der Waals surface area (Å²) in [6, 6.07) is 5.45. The van der Waals surface area contributed by atoms with Crippen LogP contribution in [0.3, 0.4) is 0 Å². The maximum atomic E-state index is 6.09. The van der Waals surface area contributed by atoms with E-state index in [1.54, 1.807) is 12.1 Å². The third-order valence-corrected chi connectivity index (χ3v) is 3.23. The first-order valence-electron chi connectivity index (χ1n) is 4.42. The lowest BCUT2D eigenvalue weighted by Gasteiger charge is -2.16. The Morgan fingerprint density at radius 3 is 2.73 bits per heavy atom. The lowest BCUT2D eigenvalue weighted by Crippen LogP contribution is -2.06. The van der Waals surface area contributed by atoms with Crippen molar-refractivity contribution in [3.8, 4) is 0 Å². The molecular weight excluding hydrogens is 346 g/mol. The van der Waals surface area contributed by atoms with Gasteiger partial charge in [-0.2, -0.15) is 0 Å². The zero-order valence-corrected chi connectivity index (χ0v) is 11.7. The van der Waals surface area contributed by atoms with E-state index in [0.717, 1.165) is 9.99 Å². The summed E-state index contributed by atoms with van der Waals surface area (Å²) < 4.78 is 6.43. The highest BCUT2D eigenvalue weighted by atomic mass is 127. The molecule has 0 aliphatic rings. The van der Waals surface area contributed by atoms with Gasteiger partial charge in [-0.15, -0.1) is 6.58 Å². The minimum absolute atomic E-state index is 0.00614. The minimum Gasteiger partial charge on any atom is -0.369 e. The van der Waals surface area contributed by atoms with Crippen molar-refractivity contribution in [1.82, 2.24) is 0 Å². The molecule has 0 heterocycles. The molecule has 4 heteroatoms. The molecule has 1 aromatic rings. The molecule has 82 valence electrons. The number of halogens is 3. The van der Waals surface area contributed by atoms with Crippen molar-refractivity contribution in [2.24, 2.45) is 0 Å². The topological polar surface area (TPSA) is 9.23 Å². The van der Waals surface area contributed by atoms with Gasteiger partial charge in [-0.25, -0.2) is 0 Å². The molecule has 1 unspecified atom stereocenters. The van der Waals surface area contributed by atoms with E-state index < -0.39 is 0 Å². The summed E-state index contributed by atoms with van der Waals surface area (Å²) in [4.78, 5) is 0. The van der Waals surface area contributed by atoms with Crippen LogP contribution in [-0.4, -0.2) is 11.0 Å². The van der Waals surface area contributed by atoms with Gasteiger partial charge < -0.3 is 4.74 Å². The van der Waals surface area contributed by atoms with Gasteiger partial charge in [0.25, 0.3) is 0 Å². The van der Waals surface area contributed by atoms with E-state index in [1.165, 1.54) is 0 Å². The summed E-state index contributed by atoms with van der Waals surface area (Å²) in [6.07, 6.45) is 1.72. The second-order valence-electron chi connectivity index (χ2n) is 2.93. The highest BCUT2D eigenvalue weighted by molar-refractivity contribution is 14.1. The molecule has 0 fully saturated rings. The fourth-order valence-corrected chi connectivity index (χ4v) is 2.42. The van der Waals surface area contributed by atoms with Gasteiger partial charge >= 0.3 is 0 Å². The van der Waals surface area contributed by atoms with Crippen LogP contribution in [0, 0.1) is 0 Å². The molecule has 0 bridgehead atoms. The summed E-state index contributed by atoms with van der Waals surface area (Å²) in [5, 5.41) is 1.29. The molecule has 0 N–H and O–H groups in total. The van der Waals surface area contributed by atoms with Gasteiger partial charge in [-0.1, -0.05) is 57.9 Å². The largest absolute Gasteiger partial charge is 0.369 e. The molecule has 0 amide bonds. The molecule has 0 aliphatic heterocycles. The molecule has 0 radical (unpaired) electrons. The summed E-state index contributed by atoms with van der Waals surface area (Å²) in [5.41, 5.74) is 0.970. The third kappa shape index (κ3) is 3.94. The number of hydrogen-bond donors (Lipinski definition) is 0. The maximum absolute atomic E-state index is 6.09. The second-order valence-corrected chi connectivity index (χ2v) is 4.66. The third-order valence-electron chi connectivity index (χ3n) is 1.86. The van der Waals surface area contributed by atoms with Crippen LogP contribution in [0.1, 0.15) is 11.7 Å². The Morgan fingerprint density at radius 2 is 2.20 bits per heavy atom. The van der Waals surface area contributed by atoms with Crippen molar-refractivity contribution in [1.29, 1.82) is 0 Å². The Kier molecular flexibility index (Phi) is 5.97. The van der Waals surface area contributed by atoms with Crippen molar-refractivity contribution in [2.75, 3.05) is 11.0 Å². The number of rotatable bonds is 5. The van der Waals surface area contributed by atoms with E-state index in [0.29, 0.717) is 16.7 Å². The number of benzene rings is 1. The smallest absolute Gasteiger partial charge is 0.0932 e. The van der Waals surface area contributed by atoms with Gasteiger partial charge in [0.05, 0.1) is 12.7 Å². The van der Waals surface area contributed by atoms with Gasteiger partial charge in [-0.3, -0.25) is 0 Å². The highest BCUT2D eigenvalue weighted by Gasteiger charge is 2.13. The molecule has 1 rings (SSSR count). The van der Waals surface area contributed by atoms with Gasteiger partial charge in [-0.05, 0) is 12.1 Å². The Labute approximate surface area is 114 Å². The Morgan fingerprint density at radius 1 is 1.47 bits per heavy atom. The maximum Gasteiger partial charge on any atom is 0.0932 e. The predicted octanol–water partition coefficient (Wildman–Crippen LogP) is 4.67. The van der Waals surface area contributed by atoms with Gasteiger partial charge in [0.2, 0.25) is 0 Å². The first-order chi connectivity index (χ1) is 7.19. The van der Waals surface area contributed by atoms with Crippen LogP contribution >= 0.6 is 45.8 Å². The molecule has 15 heavy (non-hydrogen) atoms. The van der Waals surface area contributed by atoms with Crippen LogP contribution < -0.4 is 0 Å². The van der Waals surface area contributed by atoms with Crippen LogP contribution in [0.2, 0.25) is 10.0 Å². The van der Waals surface area contributed by atoms with Crippen LogP contribution in [0.4, 0.5) is 0 Å². The van der Waals surface area contributed by atoms with E-state index in [4.69, 9.17) is 27.9 Å². The van der Waals surface area contributed by atoms with Crippen LogP contribution in [0.25, 0.3) is 0 Å². The van der Waals surface area contributed by atoms with E-state index in [2.05, 4.69) is 29.2 Å². The fraction of sp³-hybridized carbons (Fsp3) is 0.273. The minimum atomic E-state index is -0.00614. The fourth-order valence-electron chi connectivity index (χ4n) is 1.16. The monoisotopic (exact) mass is 356 g/mol. The van der Waals surface area contributed by atoms with Crippen LogP contribution in [0.5, 0.6) is 0 Å². The highest BCUT2D eigenvalue weighted by Crippen LogP contribution is 2.29. The van der Waals surface area contributed by atoms with Gasteiger partial charge in [0, 0.05) is 20.0 Å². The van der Waals surface area contributed by atoms with Crippen LogP contribution in [0.15, 0.2) is 30.9 Å². The molecular formula is C11H11Cl2IO. The van der Waals surface area contributed by atoms with Crippen molar-refractivity contribution < 1.29 is 4.74 Å². The molecule has 0 aromatic heterocycles. The molecule has 0 aliphatic carbocycles. The Hall–Kier alpha value is 0.230. The first-order valence-corrected chi connectivity index (χ1v) is 6.70. The van der Waals surface area contributed by atoms with E-state index in [1.807, 2.05) is 12.1 Å². The average Bonchev–Trinajstić information content (AvgIpc) is 2.21. The van der Waals surface area contributed by atoms with E-state index >= 15 is 0 Å². The number of ether oxygens (including phenoxy) is 1. The van der Waals surface area contributed by atoms with Crippen molar-refractivity contribution in [3.63, 3.8) is 0 Å². The quantitative estimate of drug-likeness (QED) is 0.423. The SMILES string of the molecule is C=CCOC(CI)c1ccc(Cl)cc1Cl. The van der Waals surface area contributed by atoms with Crippen molar-refractivity contribution >= 4 is 45.8 Å². The van der Waals surface area contributed by atoms with E-state index in [-0.39, 0.29) is 6.10 Å². The predicted molar refractivity (Wildman–Crippen MR) is 74.2 cm³/mol. The average molecular weight is 357 g/mol. The van der Waals surface area contributed by atoms with Gasteiger partial charge in [0.1, 0.15) is 0 Å². The van der Waals surface area contributed by atoms with Crippen molar-refractivity contribution in [3.05, 3.63) is 46.5 Å². The molecule has 1 aromatic carbocycles. The zero-order chi connectivity index (χ0) is 11.3. The van der Waals surface area contributed by atoms with E-state index in [9.17, 15) is 0 Å². The lowest BCUT2D eigenvalue weighted by molar-refractivity contribution is 0.0946. The molecule has 1 atom stereocenters. The number of alkyl halides is 1.